The summed E-state index contributed by atoms with van der Waals surface area (Å²) >= 11 is 5.23. The first-order valence-electron chi connectivity index (χ1n) is 1.51. The minimum absolute atomic E-state index is 0.356. The second-order valence-electron chi connectivity index (χ2n) is 0.997. The predicted octanol–water partition coefficient (Wildman–Crippen LogP) is 1.83. The summed E-state index contributed by atoms with van der Waals surface area (Å²) in [5.41, 5.74) is 0. The summed E-state index contributed by atoms with van der Waals surface area (Å²) in [7, 11) is 0. The van der Waals surface area contributed by atoms with E-state index in [1.807, 2.05) is 0 Å². The van der Waals surface area contributed by atoms with Crippen LogP contribution in [0.4, 0.5) is 0 Å². The van der Waals surface area contributed by atoms with Gasteiger partial charge in [0.2, 0.25) is 5.76 Å². The topological polar surface area (TPSA) is 26.3 Å². The van der Waals surface area contributed by atoms with Crippen molar-refractivity contribution in [1.29, 1.82) is 0 Å². The van der Waals surface area contributed by atoms with Gasteiger partial charge in [0, 0.05) is 6.92 Å². The predicted molar refractivity (Wildman–Crippen MR) is 20.7 cm³/mol. The van der Waals surface area contributed by atoms with E-state index in [1.54, 1.807) is 6.92 Å². The highest BCUT2D eigenvalue weighted by Crippen LogP contribution is 2.16. The van der Waals surface area contributed by atoms with E-state index in [1.165, 1.54) is 0 Å². The lowest BCUT2D eigenvalue weighted by molar-refractivity contribution is -0.00940. The van der Waals surface area contributed by atoms with E-state index >= 15 is 0 Å². The zero-order valence-electron chi connectivity index (χ0n) is 3.19. The average molecular weight is 107 g/mol. The fourth-order valence-electron chi connectivity index (χ4n) is 0.156. The maximum absolute atomic E-state index is 5.23. The van der Waals surface area contributed by atoms with Gasteiger partial charge in [-0.2, -0.15) is 0 Å². The van der Waals surface area contributed by atoms with E-state index in [9.17, 15) is 0 Å². The molecule has 0 N–H and O–H groups in total. The van der Waals surface area contributed by atoms with Gasteiger partial charge in [0.15, 0.2) is 0 Å². The monoisotopic (exact) mass is 106 g/mol. The molecule has 0 amide bonds. The summed E-state index contributed by atoms with van der Waals surface area (Å²) in [5, 5.41) is 0.356. The lowest BCUT2D eigenvalue weighted by Gasteiger charge is -1.91. The van der Waals surface area contributed by atoms with E-state index < -0.39 is 0 Å². The fourth-order valence-corrected chi connectivity index (χ4v) is 0.219. The van der Waals surface area contributed by atoms with Crippen molar-refractivity contribution in [3.8, 4) is 0 Å². The number of hydrogen-bond acceptors (Lipinski definition) is 2. The Bertz CT molecular complexity index is 115. The van der Waals surface area contributed by atoms with E-state index in [0.29, 0.717) is 11.0 Å². The van der Waals surface area contributed by atoms with E-state index in [-0.39, 0.29) is 0 Å². The van der Waals surface area contributed by atoms with Gasteiger partial charge in [-0.3, -0.25) is 9.15 Å². The van der Waals surface area contributed by atoms with Crippen molar-refractivity contribution in [3.63, 3.8) is 0 Å². The quantitative estimate of drug-likeness (QED) is 0.472. The normalized spacial score (nSPS) is 9.67. The van der Waals surface area contributed by atoms with Gasteiger partial charge in [0.05, 0.1) is 0 Å². The molecule has 34 valence electrons. The maximum atomic E-state index is 5.23. The Labute approximate surface area is 39.6 Å². The molecule has 0 saturated carbocycles. The Hall–Kier alpha value is -0.370. The minimum atomic E-state index is 0.356. The molecule has 2 nitrogen and oxygen atoms in total. The van der Waals surface area contributed by atoms with Gasteiger partial charge >= 0.3 is 0 Å². The zero-order valence-corrected chi connectivity index (χ0v) is 3.95. The molecule has 1 aromatic rings. The van der Waals surface area contributed by atoms with Crippen LogP contribution in [0.1, 0.15) is 5.76 Å². The summed E-state index contributed by atoms with van der Waals surface area (Å²) < 4.78 is 8.48. The minimum Gasteiger partial charge on any atom is -0.289 e. The van der Waals surface area contributed by atoms with Crippen molar-refractivity contribution in [3.05, 3.63) is 11.0 Å². The number of hydrogen-bond donors (Lipinski definition) is 0. The molecule has 0 aromatic carbocycles. The van der Waals surface area contributed by atoms with E-state index in [0.717, 1.165) is 0 Å². The van der Waals surface area contributed by atoms with Gasteiger partial charge in [-0.05, 0) is 11.6 Å². The summed E-state index contributed by atoms with van der Waals surface area (Å²) in [4.78, 5) is 0. The first kappa shape index (κ1) is 3.81. The molecular formula is C3H3ClO2. The van der Waals surface area contributed by atoms with Crippen molar-refractivity contribution in [2.24, 2.45) is 0 Å². The molecule has 0 aliphatic rings. The van der Waals surface area contributed by atoms with Crippen LogP contribution >= 0.6 is 11.6 Å². The molecular weight excluding hydrogens is 103 g/mol. The second-order valence-corrected chi connectivity index (χ2v) is 1.34. The molecule has 0 unspecified atom stereocenters. The summed E-state index contributed by atoms with van der Waals surface area (Å²) in [6, 6.07) is 0. The number of halogens is 1. The first-order chi connectivity index (χ1) is 2.80. The highest BCUT2D eigenvalue weighted by molar-refractivity contribution is 6.29. The SMILES string of the molecule is Cc1ooc1Cl. The zero-order chi connectivity index (χ0) is 4.57. The Morgan fingerprint density at radius 3 is 2.00 bits per heavy atom. The van der Waals surface area contributed by atoms with Crippen LogP contribution in [-0.2, 0) is 0 Å². The van der Waals surface area contributed by atoms with Crippen LogP contribution in [0, 0.1) is 6.92 Å². The highest BCUT2D eigenvalue weighted by Gasteiger charge is 2.01. The van der Waals surface area contributed by atoms with Crippen molar-refractivity contribution in [1.82, 2.24) is 0 Å². The standard InChI is InChI=1S/C3H3ClO2/c1-2-3(4)6-5-2/h1H3. The van der Waals surface area contributed by atoms with Crippen molar-refractivity contribution in [2.45, 2.75) is 6.92 Å². The van der Waals surface area contributed by atoms with Gasteiger partial charge in [-0.15, -0.1) is 0 Å². The molecule has 1 aromatic heterocycles. The highest BCUT2D eigenvalue weighted by atomic mass is 35.5. The third kappa shape index (κ3) is 0.337. The Morgan fingerprint density at radius 1 is 1.50 bits per heavy atom. The summed E-state index contributed by atoms with van der Waals surface area (Å²) in [5.74, 6) is 0.650. The molecule has 0 fully saturated rings. The molecule has 1 rings (SSSR count). The number of rotatable bonds is 0. The smallest absolute Gasteiger partial charge is 0.287 e. The van der Waals surface area contributed by atoms with E-state index in [2.05, 4.69) is 9.15 Å². The van der Waals surface area contributed by atoms with E-state index in [4.69, 9.17) is 11.6 Å². The summed E-state index contributed by atoms with van der Waals surface area (Å²) in [6.07, 6.45) is 0. The molecule has 0 aliphatic carbocycles. The van der Waals surface area contributed by atoms with Crippen LogP contribution in [0.25, 0.3) is 0 Å². The molecule has 0 saturated heterocycles. The number of aryl methyl sites for hydroxylation is 1. The van der Waals surface area contributed by atoms with Crippen molar-refractivity contribution >= 4 is 11.6 Å². The second kappa shape index (κ2) is 1.05. The van der Waals surface area contributed by atoms with Crippen LogP contribution in [0.2, 0.25) is 5.22 Å². The van der Waals surface area contributed by atoms with Crippen LogP contribution < -0.4 is 0 Å². The lowest BCUT2D eigenvalue weighted by atomic mass is 10.6. The fraction of sp³-hybridized carbons (Fsp3) is 0.333. The largest absolute Gasteiger partial charge is 0.289 e. The van der Waals surface area contributed by atoms with Gasteiger partial charge < -0.3 is 0 Å². The Morgan fingerprint density at radius 2 is 2.00 bits per heavy atom. The van der Waals surface area contributed by atoms with Crippen LogP contribution in [-0.4, -0.2) is 0 Å². The molecule has 3 heteroatoms. The van der Waals surface area contributed by atoms with Crippen molar-refractivity contribution in [2.75, 3.05) is 0 Å². The Balaban J connectivity index is 2.87. The molecule has 0 atom stereocenters. The average Bonchev–Trinajstić information content (AvgIpc) is 1.61. The van der Waals surface area contributed by atoms with Crippen LogP contribution in [0.3, 0.4) is 0 Å². The molecule has 1 heterocycles. The molecule has 0 bridgehead atoms. The van der Waals surface area contributed by atoms with Gasteiger partial charge in [-0.1, -0.05) is 0 Å². The summed E-state index contributed by atoms with van der Waals surface area (Å²) in [6.45, 7) is 1.73. The van der Waals surface area contributed by atoms with Crippen molar-refractivity contribution < 1.29 is 9.15 Å². The molecule has 0 spiro atoms. The van der Waals surface area contributed by atoms with Crippen LogP contribution in [0.15, 0.2) is 9.15 Å². The van der Waals surface area contributed by atoms with Gasteiger partial charge in [0.25, 0.3) is 5.22 Å². The first-order valence-corrected chi connectivity index (χ1v) is 1.89. The maximum Gasteiger partial charge on any atom is 0.287 e. The Kier molecular flexibility index (Phi) is 0.665. The van der Waals surface area contributed by atoms with Crippen LogP contribution in [0.5, 0.6) is 0 Å². The third-order valence-corrected chi connectivity index (χ3v) is 0.846. The third-order valence-electron chi connectivity index (χ3n) is 0.517. The molecule has 6 heavy (non-hydrogen) atoms. The van der Waals surface area contributed by atoms with Gasteiger partial charge in [0.1, 0.15) is 0 Å². The van der Waals surface area contributed by atoms with Gasteiger partial charge in [-0.25, -0.2) is 0 Å². The lowest BCUT2D eigenvalue weighted by Crippen LogP contribution is -1.73. The molecule has 0 radical (unpaired) electrons. The molecule has 0 aliphatic heterocycles.